The second kappa shape index (κ2) is 8.39. The number of nitrogens with one attached hydrogen (secondary N) is 2. The topological polar surface area (TPSA) is 98.3 Å². The maximum Gasteiger partial charge on any atom is 0.257 e. The lowest BCUT2D eigenvalue weighted by molar-refractivity contribution is 0.102. The summed E-state index contributed by atoms with van der Waals surface area (Å²) in [6.07, 6.45) is 4.78. The maximum atomic E-state index is 14.5. The molecule has 1 aliphatic heterocycles. The first kappa shape index (κ1) is 21.8. The normalized spacial score (nSPS) is 18.3. The van der Waals surface area contributed by atoms with E-state index in [-0.39, 0.29) is 5.65 Å². The number of hydrogen-bond acceptors (Lipinski definition) is 6. The van der Waals surface area contributed by atoms with Gasteiger partial charge in [-0.1, -0.05) is 0 Å². The first-order chi connectivity index (χ1) is 16.3. The van der Waals surface area contributed by atoms with E-state index in [1.54, 1.807) is 35.9 Å². The Balaban J connectivity index is 1.55. The zero-order chi connectivity index (χ0) is 24.0. The lowest BCUT2D eigenvalue weighted by atomic mass is 10.0. The zero-order valence-electron chi connectivity index (χ0n) is 19.1. The molecule has 0 radical (unpaired) electrons. The molecule has 2 atom stereocenters. The highest BCUT2D eigenvalue weighted by Crippen LogP contribution is 2.31. The van der Waals surface area contributed by atoms with Crippen LogP contribution < -0.4 is 15.5 Å². The largest absolute Gasteiger partial charge is 0.368 e. The Morgan fingerprint density at radius 2 is 2.00 bits per heavy atom. The van der Waals surface area contributed by atoms with Gasteiger partial charge in [-0.15, -0.1) is 0 Å². The van der Waals surface area contributed by atoms with Crippen LogP contribution in [0.4, 0.5) is 15.8 Å². The molecule has 34 heavy (non-hydrogen) atoms. The van der Waals surface area contributed by atoms with Crippen molar-refractivity contribution in [2.75, 3.05) is 23.3 Å². The van der Waals surface area contributed by atoms with Crippen molar-refractivity contribution < 1.29 is 9.18 Å². The van der Waals surface area contributed by atoms with Crippen molar-refractivity contribution in [1.82, 2.24) is 19.7 Å². The number of pyridine rings is 2. The van der Waals surface area contributed by atoms with Crippen molar-refractivity contribution in [3.63, 3.8) is 0 Å². The number of imidazole rings is 1. The molecule has 8 nitrogen and oxygen atoms in total. The molecule has 0 saturated carbocycles. The fraction of sp³-hybridized carbons (Fsp3) is 0.280. The molecule has 2 N–H and O–H groups in total. The second-order valence-corrected chi connectivity index (χ2v) is 8.88. The summed E-state index contributed by atoms with van der Waals surface area (Å²) in [6.45, 7) is 7.63. The summed E-state index contributed by atoms with van der Waals surface area (Å²) in [5.74, 6) is -0.934. The lowest BCUT2D eigenvalue weighted by Gasteiger charge is -2.38. The van der Waals surface area contributed by atoms with Crippen LogP contribution >= 0.6 is 0 Å². The predicted molar refractivity (Wildman–Crippen MR) is 129 cm³/mol. The Hall–Kier alpha value is -4.03. The zero-order valence-corrected chi connectivity index (χ0v) is 19.1. The van der Waals surface area contributed by atoms with Crippen LogP contribution in [-0.2, 0) is 0 Å². The number of aryl methyl sites for hydroxylation is 1. The van der Waals surface area contributed by atoms with Gasteiger partial charge < -0.3 is 19.9 Å². The van der Waals surface area contributed by atoms with E-state index in [1.165, 1.54) is 12.3 Å². The van der Waals surface area contributed by atoms with E-state index in [0.717, 1.165) is 24.2 Å². The minimum atomic E-state index is -0.523. The van der Waals surface area contributed by atoms with E-state index in [1.807, 2.05) is 6.07 Å². The summed E-state index contributed by atoms with van der Waals surface area (Å²) < 4.78 is 16.0. The van der Waals surface area contributed by atoms with Gasteiger partial charge in [0, 0.05) is 60.9 Å². The highest BCUT2D eigenvalue weighted by atomic mass is 19.1. The van der Waals surface area contributed by atoms with Gasteiger partial charge in [0.2, 0.25) is 0 Å². The van der Waals surface area contributed by atoms with E-state index in [9.17, 15) is 14.4 Å². The number of carbonyl (C=O) groups excluding carboxylic acids is 1. The molecule has 1 saturated heterocycles. The van der Waals surface area contributed by atoms with Crippen molar-refractivity contribution in [2.24, 2.45) is 0 Å². The number of rotatable bonds is 3. The number of fused-ring (bicyclic) bond motifs is 2. The fourth-order valence-electron chi connectivity index (χ4n) is 4.70. The van der Waals surface area contributed by atoms with Crippen LogP contribution in [0.3, 0.4) is 0 Å². The Morgan fingerprint density at radius 1 is 1.24 bits per heavy atom. The van der Waals surface area contributed by atoms with Gasteiger partial charge >= 0.3 is 0 Å². The maximum absolute atomic E-state index is 14.5. The fourth-order valence-corrected chi connectivity index (χ4v) is 4.70. The molecule has 3 aromatic heterocycles. The number of nitrogens with zero attached hydrogens (tertiary/aromatic N) is 5. The monoisotopic (exact) mass is 457 g/mol. The van der Waals surface area contributed by atoms with Crippen LogP contribution in [0.1, 0.15) is 35.5 Å². The molecule has 5 rings (SSSR count). The van der Waals surface area contributed by atoms with Gasteiger partial charge in [-0.3, -0.25) is 9.78 Å². The molecular formula is C25H24FN7O. The summed E-state index contributed by atoms with van der Waals surface area (Å²) in [4.78, 5) is 24.1. The number of benzene rings is 1. The van der Waals surface area contributed by atoms with Crippen LogP contribution in [0.25, 0.3) is 16.6 Å². The summed E-state index contributed by atoms with van der Waals surface area (Å²) in [6, 6.07) is 9.38. The Bertz CT molecular complexity index is 1460. The number of amides is 1. The van der Waals surface area contributed by atoms with Crippen LogP contribution in [0.15, 0.2) is 42.9 Å². The Morgan fingerprint density at radius 3 is 2.74 bits per heavy atom. The number of piperazine rings is 1. The average Bonchev–Trinajstić information content (AvgIpc) is 3.18. The van der Waals surface area contributed by atoms with Crippen LogP contribution in [-0.4, -0.2) is 45.4 Å². The number of halogens is 1. The molecule has 1 aliphatic rings. The van der Waals surface area contributed by atoms with Gasteiger partial charge in [-0.05, 0) is 39.0 Å². The van der Waals surface area contributed by atoms with E-state index in [4.69, 9.17) is 0 Å². The molecule has 172 valence electrons. The second-order valence-electron chi connectivity index (χ2n) is 8.88. The number of nitriles is 1. The average molecular weight is 458 g/mol. The summed E-state index contributed by atoms with van der Waals surface area (Å²) >= 11 is 0. The predicted octanol–water partition coefficient (Wildman–Crippen LogP) is 3.64. The van der Waals surface area contributed by atoms with Gasteiger partial charge in [0.25, 0.3) is 5.91 Å². The van der Waals surface area contributed by atoms with Crippen LogP contribution in [0.2, 0.25) is 0 Å². The van der Waals surface area contributed by atoms with Gasteiger partial charge in [-0.2, -0.15) is 5.26 Å². The van der Waals surface area contributed by atoms with Gasteiger partial charge in [0.05, 0.1) is 28.0 Å². The molecule has 0 spiro atoms. The van der Waals surface area contributed by atoms with E-state index >= 15 is 0 Å². The number of anilines is 2. The minimum Gasteiger partial charge on any atom is -0.368 e. The van der Waals surface area contributed by atoms with Crippen molar-refractivity contribution in [3.05, 3.63) is 65.5 Å². The van der Waals surface area contributed by atoms with E-state index < -0.39 is 11.7 Å². The molecule has 4 heterocycles. The summed E-state index contributed by atoms with van der Waals surface area (Å²) in [5, 5.41) is 16.5. The van der Waals surface area contributed by atoms with Crippen molar-refractivity contribution in [2.45, 2.75) is 32.9 Å². The van der Waals surface area contributed by atoms with Crippen LogP contribution in [0, 0.1) is 24.1 Å². The van der Waals surface area contributed by atoms with Crippen molar-refractivity contribution >= 4 is 33.8 Å². The highest BCUT2D eigenvalue weighted by Gasteiger charge is 2.24. The number of hydrogen-bond donors (Lipinski definition) is 2. The van der Waals surface area contributed by atoms with Crippen molar-refractivity contribution in [3.8, 4) is 6.07 Å². The Labute approximate surface area is 196 Å². The first-order valence-corrected chi connectivity index (χ1v) is 11.1. The first-order valence-electron chi connectivity index (χ1n) is 11.1. The molecule has 1 fully saturated rings. The summed E-state index contributed by atoms with van der Waals surface area (Å²) in [5.41, 5.74) is 3.38. The highest BCUT2D eigenvalue weighted by molar-refractivity contribution is 6.14. The van der Waals surface area contributed by atoms with Crippen molar-refractivity contribution in [1.29, 1.82) is 5.26 Å². The molecule has 4 aromatic rings. The molecule has 0 bridgehead atoms. The van der Waals surface area contributed by atoms with E-state index in [2.05, 4.69) is 45.4 Å². The molecule has 0 aliphatic carbocycles. The minimum absolute atomic E-state index is 0.204. The number of aromatic nitrogens is 3. The quantitative estimate of drug-likeness (QED) is 0.487. The SMILES string of the molecule is Cc1cn2cc(NC(=O)c3ccc(N4C[C@@H](C)N[C@@H](C)C4)c4cc(C#N)cnc34)cc(F)c2n1. The van der Waals surface area contributed by atoms with Gasteiger partial charge in [0.1, 0.15) is 6.07 Å². The molecule has 0 unspecified atom stereocenters. The van der Waals surface area contributed by atoms with E-state index in [0.29, 0.717) is 40.1 Å². The Kier molecular flexibility index (Phi) is 5.38. The van der Waals surface area contributed by atoms with Gasteiger partial charge in [0.15, 0.2) is 11.5 Å². The smallest absolute Gasteiger partial charge is 0.257 e. The molecule has 9 heteroatoms. The molecular weight excluding hydrogens is 433 g/mol. The third-order valence-corrected chi connectivity index (χ3v) is 5.98. The summed E-state index contributed by atoms with van der Waals surface area (Å²) in [7, 11) is 0. The standard InChI is InChI=1S/C25H24FN7O/c1-14-10-32(11-15(2)29-14)22-5-4-19(23-20(22)6-17(8-27)9-28-23)25(34)31-18-7-21(26)24-30-16(3)12-33(24)13-18/h4-7,9,12-15,29H,10-11H2,1-3H3,(H,31,34)/t14-,15+. The molecule has 1 aromatic carbocycles. The van der Waals surface area contributed by atoms with Crippen LogP contribution in [0.5, 0.6) is 0 Å². The lowest BCUT2D eigenvalue weighted by Crippen LogP contribution is -2.54. The van der Waals surface area contributed by atoms with Gasteiger partial charge in [-0.25, -0.2) is 9.37 Å². The number of carbonyl (C=O) groups is 1. The molecule has 1 amide bonds. The third kappa shape index (κ3) is 3.93. The third-order valence-electron chi connectivity index (χ3n) is 5.98.